The van der Waals surface area contributed by atoms with Gasteiger partial charge in [0.1, 0.15) is 22.8 Å². The van der Waals surface area contributed by atoms with E-state index in [4.69, 9.17) is 9.47 Å². The lowest BCUT2D eigenvalue weighted by molar-refractivity contribution is -0.116. The molecule has 0 spiro atoms. The Bertz CT molecular complexity index is 2780. The number of benzene rings is 1. The Kier molecular flexibility index (Phi) is 14.3. The van der Waals surface area contributed by atoms with Gasteiger partial charge in [-0.25, -0.2) is 0 Å². The number of nitrogens with zero attached hydrogens (tertiary/aromatic N) is 6. The second kappa shape index (κ2) is 20.4. The van der Waals surface area contributed by atoms with E-state index in [1.165, 1.54) is 20.1 Å². The molecule has 1 fully saturated rings. The Morgan fingerprint density at radius 1 is 0.657 bits per heavy atom. The average molecular weight is 919 g/mol. The molecule has 0 bridgehead atoms. The Hall–Kier alpha value is -8.10. The van der Waals surface area contributed by atoms with Gasteiger partial charge in [0.05, 0.1) is 53.8 Å². The van der Waals surface area contributed by atoms with Crippen LogP contribution in [-0.2, 0) is 37.8 Å². The van der Waals surface area contributed by atoms with Crippen LogP contribution >= 0.6 is 0 Å². The van der Waals surface area contributed by atoms with Crippen LogP contribution in [0.15, 0.2) is 66.2 Å². The van der Waals surface area contributed by atoms with E-state index in [1.807, 2.05) is 11.1 Å². The van der Waals surface area contributed by atoms with Crippen molar-refractivity contribution in [3.05, 3.63) is 89.5 Å². The summed E-state index contributed by atoms with van der Waals surface area (Å²) in [5, 5.41) is 16.7. The van der Waals surface area contributed by atoms with Crippen LogP contribution in [0.2, 0.25) is 0 Å². The number of aliphatic imine (C=N–C) groups is 1. The molecule has 67 heavy (non-hydrogen) atoms. The van der Waals surface area contributed by atoms with Crippen LogP contribution in [0.4, 0.5) is 28.4 Å². The molecule has 5 aromatic rings. The minimum absolute atomic E-state index is 0.0195. The van der Waals surface area contributed by atoms with Crippen LogP contribution in [0, 0.1) is 0 Å². The van der Waals surface area contributed by atoms with Crippen LogP contribution in [0.1, 0.15) is 91.3 Å². The van der Waals surface area contributed by atoms with Crippen molar-refractivity contribution in [1.29, 1.82) is 0 Å². The highest BCUT2D eigenvalue weighted by Crippen LogP contribution is 2.38. The minimum Gasteiger partial charge on any atom is -0.493 e. The first-order valence-corrected chi connectivity index (χ1v) is 21.7. The Morgan fingerprint density at radius 2 is 1.16 bits per heavy atom. The van der Waals surface area contributed by atoms with E-state index in [1.54, 1.807) is 102 Å². The fourth-order valence-corrected chi connectivity index (χ4v) is 7.96. The van der Waals surface area contributed by atoms with Crippen molar-refractivity contribution in [3.63, 3.8) is 0 Å². The quantitative estimate of drug-likeness (QED) is 0.0690. The lowest BCUT2D eigenvalue weighted by atomic mass is 10.1. The molecule has 21 nitrogen and oxygen atoms in total. The number of aryl methyl sites for hydroxylation is 4. The van der Waals surface area contributed by atoms with Crippen LogP contribution in [0.25, 0.3) is 0 Å². The SMILES string of the molecule is COc1cc2c(cc1OCCCC(=O)Nc1cc(C(=O)Nc3cc(C(=O)Nc4cc(C(=O)NCCCNC(=O)c5cc(NC(C)=O)cn5C)n(C)c4)n(C)c3)n(C)c1)N=C[C@@H]1CCCN1C2=O. The second-order valence-corrected chi connectivity index (χ2v) is 16.4. The minimum atomic E-state index is -0.476. The molecule has 6 heterocycles. The maximum absolute atomic E-state index is 13.4. The molecule has 352 valence electrons. The molecule has 7 amide bonds. The van der Waals surface area contributed by atoms with Gasteiger partial charge in [-0.2, -0.15) is 0 Å². The number of methoxy groups -OCH3 is 1. The number of hydrogen-bond donors (Lipinski definition) is 6. The summed E-state index contributed by atoms with van der Waals surface area (Å²) >= 11 is 0. The highest BCUT2D eigenvalue weighted by molar-refractivity contribution is 6.08. The van der Waals surface area contributed by atoms with Crippen molar-refractivity contribution in [2.75, 3.05) is 54.6 Å². The summed E-state index contributed by atoms with van der Waals surface area (Å²) in [4.78, 5) is 96.0. The number of carbonyl (C=O) groups is 7. The lowest BCUT2D eigenvalue weighted by Crippen LogP contribution is -2.35. The number of carbonyl (C=O) groups excluding carboxylic acids is 7. The molecular weight excluding hydrogens is 865 g/mol. The summed E-state index contributed by atoms with van der Waals surface area (Å²) in [6.45, 7) is 2.85. The van der Waals surface area contributed by atoms with E-state index in [2.05, 4.69) is 36.9 Å². The van der Waals surface area contributed by atoms with Gasteiger partial charge in [0.2, 0.25) is 11.8 Å². The number of rotatable bonds is 18. The van der Waals surface area contributed by atoms with E-state index in [-0.39, 0.29) is 66.5 Å². The van der Waals surface area contributed by atoms with Crippen LogP contribution in [0.3, 0.4) is 0 Å². The zero-order chi connectivity index (χ0) is 47.9. The molecule has 2 aliphatic heterocycles. The molecule has 6 N–H and O–H groups in total. The van der Waals surface area contributed by atoms with E-state index in [0.717, 1.165) is 12.8 Å². The van der Waals surface area contributed by atoms with Crippen molar-refractivity contribution < 1.29 is 43.0 Å². The highest BCUT2D eigenvalue weighted by atomic mass is 16.5. The van der Waals surface area contributed by atoms with Crippen molar-refractivity contribution in [2.24, 2.45) is 33.2 Å². The van der Waals surface area contributed by atoms with E-state index >= 15 is 0 Å². The zero-order valence-electron chi connectivity index (χ0n) is 38.1. The molecule has 2 aliphatic rings. The molecule has 4 aromatic heterocycles. The fourth-order valence-electron chi connectivity index (χ4n) is 7.96. The monoisotopic (exact) mass is 918 g/mol. The molecule has 1 atom stereocenters. The van der Waals surface area contributed by atoms with E-state index in [0.29, 0.717) is 82.8 Å². The van der Waals surface area contributed by atoms with Gasteiger partial charge in [-0.3, -0.25) is 38.6 Å². The third kappa shape index (κ3) is 11.1. The van der Waals surface area contributed by atoms with E-state index < -0.39 is 11.8 Å². The van der Waals surface area contributed by atoms with Gasteiger partial charge in [0.15, 0.2) is 11.5 Å². The zero-order valence-corrected chi connectivity index (χ0v) is 38.1. The number of nitrogens with one attached hydrogen (secondary N) is 6. The average Bonchev–Trinajstić information content (AvgIpc) is 4.12. The van der Waals surface area contributed by atoms with Gasteiger partial charge in [0.25, 0.3) is 29.5 Å². The summed E-state index contributed by atoms with van der Waals surface area (Å²) in [5.41, 5.74) is 3.82. The van der Waals surface area contributed by atoms with Crippen molar-refractivity contribution in [2.45, 2.75) is 45.1 Å². The third-order valence-electron chi connectivity index (χ3n) is 11.3. The molecule has 0 radical (unpaired) electrons. The standard InChI is InChI=1S/C46H54N12O9/c1-27(59)50-28-16-35(54(2)23-28)42(61)47-12-9-13-48-43(62)36-18-30(25-55(36)3)52-45(64)38-19-31(26-57(38)5)53-44(63)37-17-29(24-56(37)4)51-41(60)11-8-15-67-40-21-34-33(20-39(40)66-6)46(65)58-14-7-10-32(58)22-49-34/h16-26,32H,7-15H2,1-6H3,(H,47,61)(H,48,62)(H,50,59)(H,51,60)(H,52,64)(H,53,63)/t32-/m0/s1. The van der Waals surface area contributed by atoms with Crippen molar-refractivity contribution in [3.8, 4) is 11.5 Å². The van der Waals surface area contributed by atoms with Crippen molar-refractivity contribution in [1.82, 2.24) is 33.8 Å². The number of fused-ring (bicyclic) bond motifs is 2. The van der Waals surface area contributed by atoms with Crippen molar-refractivity contribution >= 4 is 76.0 Å². The number of anilines is 4. The molecule has 1 aromatic carbocycles. The van der Waals surface area contributed by atoms with Gasteiger partial charge >= 0.3 is 0 Å². The maximum Gasteiger partial charge on any atom is 0.272 e. The second-order valence-electron chi connectivity index (χ2n) is 16.4. The largest absolute Gasteiger partial charge is 0.493 e. The predicted octanol–water partition coefficient (Wildman–Crippen LogP) is 4.18. The van der Waals surface area contributed by atoms with Crippen LogP contribution < -0.4 is 41.4 Å². The predicted molar refractivity (Wildman–Crippen MR) is 250 cm³/mol. The van der Waals surface area contributed by atoms with E-state index in [9.17, 15) is 33.6 Å². The summed E-state index contributed by atoms with van der Waals surface area (Å²) in [6.07, 6.45) is 11.0. The molecule has 7 rings (SSSR count). The molecule has 0 saturated carbocycles. The molecule has 0 unspecified atom stereocenters. The Labute approximate surface area is 385 Å². The maximum atomic E-state index is 13.4. The normalized spacial score (nSPS) is 13.9. The van der Waals surface area contributed by atoms with Crippen LogP contribution in [0.5, 0.6) is 11.5 Å². The molecule has 0 aliphatic carbocycles. The number of hydrogen-bond acceptors (Lipinski definition) is 10. The van der Waals surface area contributed by atoms with Crippen LogP contribution in [-0.4, -0.2) is 110 Å². The van der Waals surface area contributed by atoms with Gasteiger partial charge in [-0.05, 0) is 56.0 Å². The highest BCUT2D eigenvalue weighted by Gasteiger charge is 2.32. The Balaban J connectivity index is 0.845. The Morgan fingerprint density at radius 3 is 1.69 bits per heavy atom. The molecular formula is C46H54N12O9. The van der Waals surface area contributed by atoms with Gasteiger partial charge < -0.3 is 64.5 Å². The first-order chi connectivity index (χ1) is 32.1. The molecule has 21 heteroatoms. The number of aromatic nitrogens is 4. The lowest BCUT2D eigenvalue weighted by Gasteiger charge is -2.20. The summed E-state index contributed by atoms with van der Waals surface area (Å²) < 4.78 is 17.8. The first kappa shape index (κ1) is 46.9. The molecule has 1 saturated heterocycles. The van der Waals surface area contributed by atoms with Gasteiger partial charge in [-0.15, -0.1) is 0 Å². The number of ether oxygens (including phenoxy) is 2. The summed E-state index contributed by atoms with van der Waals surface area (Å²) in [6, 6.07) is 9.51. The fraction of sp³-hybridized carbons (Fsp3) is 0.348. The van der Waals surface area contributed by atoms with Gasteiger partial charge in [0, 0.05) is 98.2 Å². The summed E-state index contributed by atoms with van der Waals surface area (Å²) in [5.74, 6) is -1.41. The summed E-state index contributed by atoms with van der Waals surface area (Å²) in [7, 11) is 8.20. The third-order valence-corrected chi connectivity index (χ3v) is 11.3. The first-order valence-electron chi connectivity index (χ1n) is 21.7. The van der Waals surface area contributed by atoms with Gasteiger partial charge in [-0.1, -0.05) is 0 Å². The number of amides is 7. The topological polar surface area (TPSA) is 245 Å². The smallest absolute Gasteiger partial charge is 0.272 e.